The Balaban J connectivity index is 0.000000521. The largest absolute Gasteiger partial charge is 0.368 e. The molecular formula is C22H30Br2N2O2S. The Labute approximate surface area is 194 Å². The molecule has 2 amide bonds. The van der Waals surface area contributed by atoms with Gasteiger partial charge in [-0.15, -0.1) is 11.3 Å². The average molecular weight is 546 g/mol. The highest BCUT2D eigenvalue weighted by Crippen LogP contribution is 2.41. The lowest BCUT2D eigenvalue weighted by Crippen LogP contribution is -2.31. The van der Waals surface area contributed by atoms with Crippen LogP contribution >= 0.6 is 43.2 Å². The molecule has 0 unspecified atom stereocenters. The van der Waals surface area contributed by atoms with Crippen molar-refractivity contribution in [1.29, 1.82) is 0 Å². The molecular weight excluding hydrogens is 516 g/mol. The summed E-state index contributed by atoms with van der Waals surface area (Å²) in [6, 6.07) is 3.89. The van der Waals surface area contributed by atoms with Gasteiger partial charge in [0, 0.05) is 18.9 Å². The number of aromatic amines is 1. The Morgan fingerprint density at radius 1 is 0.793 bits per heavy atom. The van der Waals surface area contributed by atoms with Crippen LogP contribution in [0, 0.1) is 0 Å². The smallest absolute Gasteiger partial charge is 0.263 e. The number of thiophene rings is 1. The number of nitrogens with one attached hydrogen (secondary N) is 1. The molecule has 29 heavy (non-hydrogen) atoms. The molecule has 1 aliphatic heterocycles. The molecule has 4 nitrogen and oxygen atoms in total. The van der Waals surface area contributed by atoms with Crippen molar-refractivity contribution in [3.8, 4) is 0 Å². The minimum Gasteiger partial charge on any atom is -0.368 e. The number of unbranched alkanes of at least 4 members (excludes halogenated alkanes) is 9. The number of aromatic nitrogens is 1. The van der Waals surface area contributed by atoms with Crippen LogP contribution in [0.25, 0.3) is 0 Å². The van der Waals surface area contributed by atoms with Gasteiger partial charge in [0.05, 0.1) is 18.7 Å². The number of carbonyl (C=O) groups excluding carboxylic acids is 2. The summed E-state index contributed by atoms with van der Waals surface area (Å²) < 4.78 is 1.49. The van der Waals surface area contributed by atoms with E-state index in [9.17, 15) is 9.59 Å². The van der Waals surface area contributed by atoms with E-state index in [4.69, 9.17) is 0 Å². The van der Waals surface area contributed by atoms with Gasteiger partial charge in [-0.25, -0.2) is 0 Å². The number of rotatable bonds is 11. The molecule has 7 heteroatoms. The van der Waals surface area contributed by atoms with Gasteiger partial charge in [0.2, 0.25) is 0 Å². The number of halogens is 2. The van der Waals surface area contributed by atoms with Gasteiger partial charge in [-0.2, -0.15) is 0 Å². The highest BCUT2D eigenvalue weighted by molar-refractivity contribution is 9.12. The molecule has 0 aromatic carbocycles. The zero-order valence-electron chi connectivity index (χ0n) is 17.0. The number of H-pyrrole nitrogens is 1. The first kappa shape index (κ1) is 24.4. The quantitative estimate of drug-likeness (QED) is 0.231. The molecule has 2 aromatic rings. The summed E-state index contributed by atoms with van der Waals surface area (Å²) in [6.45, 7) is 2.78. The number of fused-ring (bicyclic) bond motifs is 1. The lowest BCUT2D eigenvalue weighted by atomic mass is 10.1. The van der Waals surface area contributed by atoms with Crippen LogP contribution in [0.3, 0.4) is 0 Å². The van der Waals surface area contributed by atoms with E-state index in [1.54, 1.807) is 0 Å². The first-order chi connectivity index (χ1) is 14.1. The molecule has 0 atom stereocenters. The lowest BCUT2D eigenvalue weighted by molar-refractivity contribution is 0.0651. The summed E-state index contributed by atoms with van der Waals surface area (Å²) in [5.74, 6) is -0.306. The first-order valence-corrected chi connectivity index (χ1v) is 12.9. The zero-order valence-corrected chi connectivity index (χ0v) is 21.0. The molecule has 0 bridgehead atoms. The third-order valence-electron chi connectivity index (χ3n) is 4.97. The summed E-state index contributed by atoms with van der Waals surface area (Å²) in [5, 5.41) is 0. The van der Waals surface area contributed by atoms with Gasteiger partial charge in [-0.1, -0.05) is 64.7 Å². The number of nitrogens with zero attached hydrogens (tertiary/aromatic N) is 1. The van der Waals surface area contributed by atoms with E-state index in [1.165, 1.54) is 67.6 Å². The van der Waals surface area contributed by atoms with E-state index < -0.39 is 0 Å². The molecule has 2 aromatic heterocycles. The maximum atomic E-state index is 12.4. The van der Waals surface area contributed by atoms with Gasteiger partial charge in [0.15, 0.2) is 0 Å². The van der Waals surface area contributed by atoms with Crippen LogP contribution in [0.1, 0.15) is 91.8 Å². The maximum Gasteiger partial charge on any atom is 0.263 e. The Morgan fingerprint density at radius 2 is 1.24 bits per heavy atom. The van der Waals surface area contributed by atoms with Crippen LogP contribution in [-0.2, 0) is 0 Å². The van der Waals surface area contributed by atoms with E-state index in [1.807, 2.05) is 24.5 Å². The SMILES string of the molecule is CCCCCCCCCCCCN1C(=O)c2c(Br)sc(Br)c2C1=O.c1cc[nH]c1. The fraction of sp³-hybridized carbons (Fsp3) is 0.545. The number of imide groups is 1. The Kier molecular flexibility index (Phi) is 11.2. The fourth-order valence-corrected chi connectivity index (χ4v) is 6.46. The van der Waals surface area contributed by atoms with E-state index in [-0.39, 0.29) is 11.8 Å². The molecule has 0 spiro atoms. The van der Waals surface area contributed by atoms with Crippen LogP contribution in [0.2, 0.25) is 0 Å². The van der Waals surface area contributed by atoms with Crippen LogP contribution in [0.15, 0.2) is 32.1 Å². The van der Waals surface area contributed by atoms with Crippen LogP contribution in [-0.4, -0.2) is 28.2 Å². The number of hydrogen-bond acceptors (Lipinski definition) is 3. The lowest BCUT2D eigenvalue weighted by Gasteiger charge is -2.14. The predicted molar refractivity (Wildman–Crippen MR) is 128 cm³/mol. The second-order valence-electron chi connectivity index (χ2n) is 7.23. The predicted octanol–water partition coefficient (Wildman–Crippen LogP) is 7.80. The molecule has 3 heterocycles. The van der Waals surface area contributed by atoms with Crippen molar-refractivity contribution in [2.75, 3.05) is 6.54 Å². The molecule has 1 aliphatic rings. The monoisotopic (exact) mass is 544 g/mol. The van der Waals surface area contributed by atoms with Crippen molar-refractivity contribution >= 4 is 55.0 Å². The normalized spacial score (nSPS) is 12.9. The average Bonchev–Trinajstić information content (AvgIpc) is 3.41. The number of hydrogen-bond donors (Lipinski definition) is 1. The topological polar surface area (TPSA) is 53.2 Å². The maximum absolute atomic E-state index is 12.4. The standard InChI is InChI=1S/C18H25Br2NO2S.C4H5N/c1-2-3-4-5-6-7-8-9-10-11-12-21-17(22)13-14(18(21)23)16(20)24-15(13)19;1-2-4-5-3-1/h2-12H2,1H3;1-5H. The van der Waals surface area contributed by atoms with E-state index in [0.29, 0.717) is 17.7 Å². The molecule has 0 saturated heterocycles. The number of carbonyl (C=O) groups is 2. The van der Waals surface area contributed by atoms with Crippen LogP contribution in [0.4, 0.5) is 0 Å². The van der Waals surface area contributed by atoms with Gasteiger partial charge in [-0.05, 0) is 50.4 Å². The second kappa shape index (κ2) is 13.4. The third-order valence-corrected chi connectivity index (χ3v) is 7.50. The highest BCUT2D eigenvalue weighted by atomic mass is 79.9. The van der Waals surface area contributed by atoms with Crippen molar-refractivity contribution in [3.63, 3.8) is 0 Å². The molecule has 160 valence electrons. The van der Waals surface area contributed by atoms with Crippen molar-refractivity contribution in [2.45, 2.75) is 71.1 Å². The third kappa shape index (κ3) is 7.37. The van der Waals surface area contributed by atoms with E-state index >= 15 is 0 Å². The summed E-state index contributed by atoms with van der Waals surface area (Å²) in [6.07, 6.45) is 16.2. The Bertz CT molecular complexity index is 705. The van der Waals surface area contributed by atoms with Crippen LogP contribution < -0.4 is 0 Å². The molecule has 0 saturated carbocycles. The van der Waals surface area contributed by atoms with Gasteiger partial charge in [0.1, 0.15) is 0 Å². The van der Waals surface area contributed by atoms with E-state index in [2.05, 4.69) is 43.8 Å². The zero-order chi connectivity index (χ0) is 21.1. The van der Waals surface area contributed by atoms with Crippen molar-refractivity contribution < 1.29 is 9.59 Å². The highest BCUT2D eigenvalue weighted by Gasteiger charge is 2.40. The second-order valence-corrected chi connectivity index (χ2v) is 10.9. The summed E-state index contributed by atoms with van der Waals surface area (Å²) in [7, 11) is 0. The summed E-state index contributed by atoms with van der Waals surface area (Å²) >= 11 is 8.16. The molecule has 0 radical (unpaired) electrons. The first-order valence-electron chi connectivity index (χ1n) is 10.5. The minimum absolute atomic E-state index is 0.153. The Morgan fingerprint density at radius 3 is 1.66 bits per heavy atom. The molecule has 3 rings (SSSR count). The number of amides is 2. The van der Waals surface area contributed by atoms with Gasteiger partial charge < -0.3 is 4.98 Å². The van der Waals surface area contributed by atoms with Crippen molar-refractivity contribution in [2.24, 2.45) is 0 Å². The fourth-order valence-electron chi connectivity index (χ4n) is 3.36. The minimum atomic E-state index is -0.153. The molecule has 0 fully saturated rings. The van der Waals surface area contributed by atoms with Gasteiger partial charge in [0.25, 0.3) is 11.8 Å². The molecule has 0 aliphatic carbocycles. The van der Waals surface area contributed by atoms with Crippen molar-refractivity contribution in [3.05, 3.63) is 43.2 Å². The van der Waals surface area contributed by atoms with E-state index in [0.717, 1.165) is 20.4 Å². The van der Waals surface area contributed by atoms with Gasteiger partial charge in [-0.3, -0.25) is 14.5 Å². The summed E-state index contributed by atoms with van der Waals surface area (Å²) in [5.41, 5.74) is 1.06. The molecule has 1 N–H and O–H groups in total. The Hall–Kier alpha value is -0.920. The summed E-state index contributed by atoms with van der Waals surface area (Å²) in [4.78, 5) is 29.0. The van der Waals surface area contributed by atoms with Crippen molar-refractivity contribution in [1.82, 2.24) is 9.88 Å². The van der Waals surface area contributed by atoms with Gasteiger partial charge >= 0.3 is 0 Å². The van der Waals surface area contributed by atoms with Crippen LogP contribution in [0.5, 0.6) is 0 Å².